The van der Waals surface area contributed by atoms with Gasteiger partial charge in [-0.2, -0.15) is 0 Å². The molecule has 2 heterocycles. The molecule has 0 radical (unpaired) electrons. The zero-order valence-corrected chi connectivity index (χ0v) is 17.6. The van der Waals surface area contributed by atoms with Gasteiger partial charge in [-0.05, 0) is 61.3 Å². The minimum absolute atomic E-state index is 0.0129. The summed E-state index contributed by atoms with van der Waals surface area (Å²) in [6, 6.07) is 6.23. The normalized spacial score (nSPS) is 26.6. The first-order chi connectivity index (χ1) is 13.5. The first-order valence-electron chi connectivity index (χ1n) is 11.4. The van der Waals surface area contributed by atoms with Crippen molar-refractivity contribution in [2.75, 3.05) is 31.1 Å². The number of likely N-dealkylation sites (tertiary alicyclic amines) is 1. The lowest BCUT2D eigenvalue weighted by atomic mass is 9.75. The van der Waals surface area contributed by atoms with Crippen LogP contribution in [0.15, 0.2) is 18.2 Å². The molecular formula is C24H36N2O2. The maximum atomic E-state index is 12.5. The molecule has 1 saturated carbocycles. The molecule has 0 aromatic heterocycles. The molecule has 2 aliphatic heterocycles. The van der Waals surface area contributed by atoms with E-state index in [-0.39, 0.29) is 11.8 Å². The van der Waals surface area contributed by atoms with Crippen LogP contribution in [0.25, 0.3) is 0 Å². The quantitative estimate of drug-likeness (QED) is 0.847. The third-order valence-electron chi connectivity index (χ3n) is 7.17. The zero-order chi connectivity index (χ0) is 19.7. The van der Waals surface area contributed by atoms with Gasteiger partial charge in [0.1, 0.15) is 0 Å². The molecule has 0 bridgehead atoms. The Morgan fingerprint density at radius 2 is 1.89 bits per heavy atom. The number of hydrogen-bond acceptors (Lipinski definition) is 3. The van der Waals surface area contributed by atoms with E-state index < -0.39 is 6.10 Å². The molecule has 0 spiro atoms. The van der Waals surface area contributed by atoms with E-state index in [1.54, 1.807) is 0 Å². The highest BCUT2D eigenvalue weighted by molar-refractivity contribution is 5.95. The van der Waals surface area contributed by atoms with Gasteiger partial charge in [-0.15, -0.1) is 0 Å². The number of amides is 1. The van der Waals surface area contributed by atoms with E-state index in [0.29, 0.717) is 0 Å². The third kappa shape index (κ3) is 4.13. The molecule has 1 N–H and O–H groups in total. The van der Waals surface area contributed by atoms with Crippen molar-refractivity contribution < 1.29 is 9.90 Å². The van der Waals surface area contributed by atoms with Crippen molar-refractivity contribution in [3.05, 3.63) is 29.3 Å². The molecule has 154 valence electrons. The SMILES string of the molecule is CC(C)C(=O)N1CCCc2cc([C@H](O)CN3CC[C@@H]4CCCC[C@@H]4C3)ccc21. The summed E-state index contributed by atoms with van der Waals surface area (Å²) in [6.07, 6.45) is 8.43. The summed E-state index contributed by atoms with van der Waals surface area (Å²) in [6.45, 7) is 7.75. The number of carbonyl (C=O) groups is 1. The molecule has 1 aromatic carbocycles. The summed E-state index contributed by atoms with van der Waals surface area (Å²) in [5.74, 6) is 1.98. The predicted molar refractivity (Wildman–Crippen MR) is 113 cm³/mol. The second-order valence-electron chi connectivity index (χ2n) is 9.50. The maximum absolute atomic E-state index is 12.5. The van der Waals surface area contributed by atoms with Crippen LogP contribution in [-0.2, 0) is 11.2 Å². The molecule has 1 aliphatic carbocycles. The number of hydrogen-bond donors (Lipinski definition) is 1. The van der Waals surface area contributed by atoms with Crippen molar-refractivity contribution in [2.45, 2.75) is 64.9 Å². The van der Waals surface area contributed by atoms with Crippen molar-refractivity contribution in [3.8, 4) is 0 Å². The van der Waals surface area contributed by atoms with Gasteiger partial charge in [-0.1, -0.05) is 45.2 Å². The van der Waals surface area contributed by atoms with Gasteiger partial charge in [0.05, 0.1) is 6.10 Å². The van der Waals surface area contributed by atoms with E-state index in [2.05, 4.69) is 17.0 Å². The Hall–Kier alpha value is -1.39. The lowest BCUT2D eigenvalue weighted by Gasteiger charge is -2.42. The van der Waals surface area contributed by atoms with Gasteiger partial charge in [-0.3, -0.25) is 4.79 Å². The number of aliphatic hydroxyl groups is 1. The number of nitrogens with zero attached hydrogens (tertiary/aromatic N) is 2. The largest absolute Gasteiger partial charge is 0.387 e. The number of aryl methyl sites for hydroxylation is 1. The van der Waals surface area contributed by atoms with Crippen molar-refractivity contribution >= 4 is 11.6 Å². The molecule has 1 amide bonds. The van der Waals surface area contributed by atoms with Crippen molar-refractivity contribution in [1.82, 2.24) is 4.90 Å². The molecule has 3 aliphatic rings. The number of benzene rings is 1. The Bertz CT molecular complexity index is 702. The van der Waals surface area contributed by atoms with Gasteiger partial charge in [-0.25, -0.2) is 0 Å². The van der Waals surface area contributed by atoms with E-state index in [0.717, 1.165) is 62.1 Å². The molecule has 4 rings (SSSR count). The van der Waals surface area contributed by atoms with E-state index >= 15 is 0 Å². The number of rotatable bonds is 4. The van der Waals surface area contributed by atoms with E-state index in [1.165, 1.54) is 37.7 Å². The number of fused-ring (bicyclic) bond motifs is 2. The number of piperidine rings is 1. The fraction of sp³-hybridized carbons (Fsp3) is 0.708. The van der Waals surface area contributed by atoms with Gasteiger partial charge < -0.3 is 14.9 Å². The lowest BCUT2D eigenvalue weighted by molar-refractivity contribution is -0.121. The number of anilines is 1. The van der Waals surface area contributed by atoms with Crippen LogP contribution in [0.2, 0.25) is 0 Å². The van der Waals surface area contributed by atoms with Crippen LogP contribution in [0.4, 0.5) is 5.69 Å². The molecule has 3 atom stereocenters. The highest BCUT2D eigenvalue weighted by atomic mass is 16.3. The summed E-state index contributed by atoms with van der Waals surface area (Å²) >= 11 is 0. The molecule has 4 heteroatoms. The van der Waals surface area contributed by atoms with E-state index in [1.807, 2.05) is 24.8 Å². The average Bonchev–Trinajstić information content (AvgIpc) is 2.72. The van der Waals surface area contributed by atoms with Gasteiger partial charge in [0.2, 0.25) is 5.91 Å². The van der Waals surface area contributed by atoms with E-state index in [4.69, 9.17) is 0 Å². The van der Waals surface area contributed by atoms with Crippen molar-refractivity contribution in [1.29, 1.82) is 0 Å². The Morgan fingerprint density at radius 3 is 2.68 bits per heavy atom. The summed E-state index contributed by atoms with van der Waals surface area (Å²) in [5.41, 5.74) is 3.26. The van der Waals surface area contributed by atoms with Crippen LogP contribution in [-0.4, -0.2) is 42.1 Å². The van der Waals surface area contributed by atoms with Crippen LogP contribution in [0.3, 0.4) is 0 Å². The summed E-state index contributed by atoms with van der Waals surface area (Å²) in [5, 5.41) is 10.9. The minimum Gasteiger partial charge on any atom is -0.387 e. The monoisotopic (exact) mass is 384 g/mol. The fourth-order valence-corrected chi connectivity index (χ4v) is 5.56. The predicted octanol–water partition coefficient (Wildman–Crippen LogP) is 4.17. The van der Waals surface area contributed by atoms with Crippen LogP contribution in [0.1, 0.15) is 69.6 Å². The Labute approximate surface area is 169 Å². The van der Waals surface area contributed by atoms with Crippen LogP contribution >= 0.6 is 0 Å². The minimum atomic E-state index is -0.443. The second kappa shape index (κ2) is 8.54. The van der Waals surface area contributed by atoms with Crippen LogP contribution < -0.4 is 4.90 Å². The average molecular weight is 385 g/mol. The lowest BCUT2D eigenvalue weighted by Crippen LogP contribution is -2.43. The molecule has 0 unspecified atom stereocenters. The number of β-amino-alcohol motifs (C(OH)–C–C–N with tert-alkyl or cyclic N) is 1. The third-order valence-corrected chi connectivity index (χ3v) is 7.17. The molecule has 28 heavy (non-hydrogen) atoms. The van der Waals surface area contributed by atoms with Gasteiger partial charge in [0.15, 0.2) is 0 Å². The Morgan fingerprint density at radius 1 is 1.11 bits per heavy atom. The Balaban J connectivity index is 1.42. The van der Waals surface area contributed by atoms with Crippen molar-refractivity contribution in [3.63, 3.8) is 0 Å². The summed E-state index contributed by atoms with van der Waals surface area (Å²) in [4.78, 5) is 16.9. The van der Waals surface area contributed by atoms with Crippen molar-refractivity contribution in [2.24, 2.45) is 17.8 Å². The zero-order valence-electron chi connectivity index (χ0n) is 17.6. The van der Waals surface area contributed by atoms with Gasteiger partial charge in [0, 0.05) is 31.2 Å². The first kappa shape index (κ1) is 19.9. The summed E-state index contributed by atoms with van der Waals surface area (Å²) < 4.78 is 0. The van der Waals surface area contributed by atoms with Gasteiger partial charge in [0.25, 0.3) is 0 Å². The topological polar surface area (TPSA) is 43.8 Å². The molecule has 1 saturated heterocycles. The number of carbonyl (C=O) groups excluding carboxylic acids is 1. The first-order valence-corrected chi connectivity index (χ1v) is 11.4. The van der Waals surface area contributed by atoms with Crippen LogP contribution in [0.5, 0.6) is 0 Å². The standard InChI is InChI=1S/C24H36N2O2/c1-17(2)24(28)26-12-5-8-19-14-20(9-10-22(19)26)23(27)16-25-13-11-18-6-3-4-7-21(18)15-25/h9-10,14,17-18,21,23,27H,3-8,11-13,15-16H2,1-2H3/t18-,21+,23+/m0/s1. The number of aliphatic hydroxyl groups excluding tert-OH is 1. The smallest absolute Gasteiger partial charge is 0.229 e. The highest BCUT2D eigenvalue weighted by Crippen LogP contribution is 2.37. The Kier molecular flexibility index (Phi) is 6.07. The maximum Gasteiger partial charge on any atom is 0.229 e. The molecule has 1 aromatic rings. The molecule has 2 fully saturated rings. The van der Waals surface area contributed by atoms with Crippen LogP contribution in [0, 0.1) is 17.8 Å². The summed E-state index contributed by atoms with van der Waals surface area (Å²) in [7, 11) is 0. The molecular weight excluding hydrogens is 348 g/mol. The van der Waals surface area contributed by atoms with Gasteiger partial charge >= 0.3 is 0 Å². The molecule has 4 nitrogen and oxygen atoms in total. The fourth-order valence-electron chi connectivity index (χ4n) is 5.56. The second-order valence-corrected chi connectivity index (χ2v) is 9.50. The highest BCUT2D eigenvalue weighted by Gasteiger charge is 2.32. The van der Waals surface area contributed by atoms with E-state index in [9.17, 15) is 9.90 Å².